The number of hydrogen-bond acceptors (Lipinski definition) is 5. The summed E-state index contributed by atoms with van der Waals surface area (Å²) >= 11 is 0. The zero-order valence-electron chi connectivity index (χ0n) is 14.6. The molecule has 0 atom stereocenters. The van der Waals surface area contributed by atoms with Crippen LogP contribution in [-0.2, 0) is 11.2 Å². The minimum Gasteiger partial charge on any atom is -0.369 e. The Labute approximate surface area is 146 Å². The highest BCUT2D eigenvalue weighted by molar-refractivity contribution is 5.92. The number of nitrogens with one attached hydrogen (secondary N) is 1. The third-order valence-corrected chi connectivity index (χ3v) is 4.18. The predicted molar refractivity (Wildman–Crippen MR) is 93.0 cm³/mol. The van der Waals surface area contributed by atoms with Gasteiger partial charge in [0.25, 0.3) is 0 Å². The molecule has 3 rings (SSSR count). The number of benzene rings is 1. The summed E-state index contributed by atoms with van der Waals surface area (Å²) in [6.07, 6.45) is 3.37. The Morgan fingerprint density at radius 2 is 2.04 bits per heavy atom. The molecule has 1 amide bonds. The van der Waals surface area contributed by atoms with E-state index in [9.17, 15) is 9.18 Å². The predicted octanol–water partition coefficient (Wildman–Crippen LogP) is 2.56. The van der Waals surface area contributed by atoms with E-state index < -0.39 is 0 Å². The Kier molecular flexibility index (Phi) is 5.25. The fourth-order valence-electron chi connectivity index (χ4n) is 2.87. The van der Waals surface area contributed by atoms with Crippen molar-refractivity contribution in [1.29, 1.82) is 0 Å². The van der Waals surface area contributed by atoms with Gasteiger partial charge in [-0.1, -0.05) is 0 Å². The van der Waals surface area contributed by atoms with Gasteiger partial charge < -0.3 is 10.2 Å². The lowest BCUT2D eigenvalue weighted by Crippen LogP contribution is -2.30. The third kappa shape index (κ3) is 4.32. The van der Waals surface area contributed by atoms with Crippen LogP contribution >= 0.6 is 0 Å². The van der Waals surface area contributed by atoms with Crippen molar-refractivity contribution in [2.24, 2.45) is 0 Å². The summed E-state index contributed by atoms with van der Waals surface area (Å²) < 4.78 is 14.4. The Bertz CT molecular complexity index is 738. The average molecular weight is 346 g/mol. The lowest BCUT2D eigenvalue weighted by Gasteiger charge is -2.29. The molecule has 7 nitrogen and oxygen atoms in total. The molecule has 0 spiro atoms. The summed E-state index contributed by atoms with van der Waals surface area (Å²) in [6.45, 7) is 5.61. The van der Waals surface area contributed by atoms with Crippen molar-refractivity contribution in [3.8, 4) is 0 Å². The molecular formula is C17H23FN6O. The van der Waals surface area contributed by atoms with Gasteiger partial charge in [0.15, 0.2) is 5.82 Å². The summed E-state index contributed by atoms with van der Waals surface area (Å²) in [4.78, 5) is 15.6. The van der Waals surface area contributed by atoms with Crippen LogP contribution in [0.3, 0.4) is 0 Å². The lowest BCUT2D eigenvalue weighted by molar-refractivity contribution is -0.115. The van der Waals surface area contributed by atoms with E-state index in [1.165, 1.54) is 17.3 Å². The first-order valence-corrected chi connectivity index (χ1v) is 8.65. The van der Waals surface area contributed by atoms with Crippen LogP contribution in [0.25, 0.3) is 0 Å². The van der Waals surface area contributed by atoms with Gasteiger partial charge in [0, 0.05) is 18.8 Å². The van der Waals surface area contributed by atoms with Crippen LogP contribution in [0, 0.1) is 5.82 Å². The van der Waals surface area contributed by atoms with Crippen LogP contribution < -0.4 is 10.2 Å². The SMILES string of the molecule is CC(C)n1nnc(CC(=O)Nc2ccc(N3CCCCC3)c(F)c2)n1. The van der Waals surface area contributed by atoms with Crippen molar-refractivity contribution >= 4 is 17.3 Å². The zero-order chi connectivity index (χ0) is 17.8. The van der Waals surface area contributed by atoms with Gasteiger partial charge in [0.05, 0.1) is 18.2 Å². The van der Waals surface area contributed by atoms with Crippen LogP contribution in [0.2, 0.25) is 0 Å². The number of aromatic nitrogens is 4. The number of carbonyl (C=O) groups is 1. The maximum Gasteiger partial charge on any atom is 0.232 e. The Morgan fingerprint density at radius 3 is 2.68 bits per heavy atom. The molecule has 134 valence electrons. The summed E-state index contributed by atoms with van der Waals surface area (Å²) in [5.41, 5.74) is 1.03. The highest BCUT2D eigenvalue weighted by Crippen LogP contribution is 2.25. The van der Waals surface area contributed by atoms with Crippen LogP contribution in [0.1, 0.15) is 45.0 Å². The highest BCUT2D eigenvalue weighted by Gasteiger charge is 2.16. The average Bonchev–Trinajstić information content (AvgIpc) is 3.04. The summed E-state index contributed by atoms with van der Waals surface area (Å²) in [5.74, 6) is -0.270. The number of rotatable bonds is 5. The second-order valence-electron chi connectivity index (χ2n) is 6.56. The number of amides is 1. The molecule has 2 heterocycles. The molecule has 1 fully saturated rings. The van der Waals surface area contributed by atoms with Gasteiger partial charge in [0.2, 0.25) is 5.91 Å². The van der Waals surface area contributed by atoms with Gasteiger partial charge in [-0.2, -0.15) is 4.80 Å². The first kappa shape index (κ1) is 17.3. The molecule has 0 radical (unpaired) electrons. The summed E-state index contributed by atoms with van der Waals surface area (Å²) in [5, 5.41) is 14.6. The number of tetrazole rings is 1. The van der Waals surface area contributed by atoms with Gasteiger partial charge in [-0.15, -0.1) is 10.2 Å². The van der Waals surface area contributed by atoms with E-state index in [4.69, 9.17) is 0 Å². The minimum absolute atomic E-state index is 0.00220. The monoisotopic (exact) mass is 346 g/mol. The number of carbonyl (C=O) groups excluding carboxylic acids is 1. The van der Waals surface area contributed by atoms with Gasteiger partial charge in [-0.25, -0.2) is 4.39 Å². The van der Waals surface area contributed by atoms with Gasteiger partial charge >= 0.3 is 0 Å². The van der Waals surface area contributed by atoms with Crippen LogP contribution in [0.15, 0.2) is 18.2 Å². The molecular weight excluding hydrogens is 323 g/mol. The molecule has 0 aliphatic carbocycles. The highest BCUT2D eigenvalue weighted by atomic mass is 19.1. The van der Waals surface area contributed by atoms with Crippen molar-refractivity contribution in [3.05, 3.63) is 29.8 Å². The van der Waals surface area contributed by atoms with E-state index in [0.29, 0.717) is 17.2 Å². The maximum atomic E-state index is 14.4. The van der Waals surface area contributed by atoms with Crippen molar-refractivity contribution < 1.29 is 9.18 Å². The molecule has 8 heteroatoms. The molecule has 0 unspecified atom stereocenters. The van der Waals surface area contributed by atoms with Crippen molar-refractivity contribution in [3.63, 3.8) is 0 Å². The fraction of sp³-hybridized carbons (Fsp3) is 0.529. The van der Waals surface area contributed by atoms with E-state index in [1.807, 2.05) is 13.8 Å². The Balaban J connectivity index is 1.61. The summed E-state index contributed by atoms with van der Waals surface area (Å²) in [7, 11) is 0. The van der Waals surface area contributed by atoms with Gasteiger partial charge in [0.1, 0.15) is 5.82 Å². The smallest absolute Gasteiger partial charge is 0.232 e. The number of nitrogens with zero attached hydrogens (tertiary/aromatic N) is 5. The standard InChI is InChI=1S/C17H23FN6O/c1-12(2)24-21-16(20-22-24)11-17(25)19-13-6-7-15(14(18)10-13)23-8-4-3-5-9-23/h6-7,10,12H,3-5,8-9,11H2,1-2H3,(H,19,25). The largest absolute Gasteiger partial charge is 0.369 e. The Morgan fingerprint density at radius 1 is 1.28 bits per heavy atom. The molecule has 0 saturated carbocycles. The normalized spacial score (nSPS) is 14.8. The molecule has 1 aliphatic heterocycles. The van der Waals surface area contributed by atoms with Gasteiger partial charge in [-0.3, -0.25) is 4.79 Å². The summed E-state index contributed by atoms with van der Waals surface area (Å²) in [6, 6.07) is 4.90. The van der Waals surface area contributed by atoms with E-state index in [2.05, 4.69) is 25.6 Å². The van der Waals surface area contributed by atoms with Crippen LogP contribution in [-0.4, -0.2) is 39.2 Å². The van der Waals surface area contributed by atoms with E-state index in [-0.39, 0.29) is 24.2 Å². The number of halogens is 1. The maximum absolute atomic E-state index is 14.4. The first-order valence-electron chi connectivity index (χ1n) is 8.65. The fourth-order valence-corrected chi connectivity index (χ4v) is 2.87. The van der Waals surface area contributed by atoms with E-state index >= 15 is 0 Å². The number of hydrogen-bond donors (Lipinski definition) is 1. The zero-order valence-corrected chi connectivity index (χ0v) is 14.6. The lowest BCUT2D eigenvalue weighted by atomic mass is 10.1. The molecule has 1 N–H and O–H groups in total. The van der Waals surface area contributed by atoms with E-state index in [1.54, 1.807) is 12.1 Å². The van der Waals surface area contributed by atoms with Crippen LogP contribution in [0.5, 0.6) is 0 Å². The second kappa shape index (κ2) is 7.58. The van der Waals surface area contributed by atoms with Gasteiger partial charge in [-0.05, 0) is 56.5 Å². The minimum atomic E-state index is -0.316. The molecule has 2 aromatic rings. The Hall–Kier alpha value is -2.51. The number of anilines is 2. The molecule has 1 aromatic carbocycles. The second-order valence-corrected chi connectivity index (χ2v) is 6.56. The van der Waals surface area contributed by atoms with Crippen molar-refractivity contribution in [1.82, 2.24) is 20.2 Å². The van der Waals surface area contributed by atoms with E-state index in [0.717, 1.165) is 25.9 Å². The topological polar surface area (TPSA) is 75.9 Å². The van der Waals surface area contributed by atoms with Crippen LogP contribution in [0.4, 0.5) is 15.8 Å². The molecule has 0 bridgehead atoms. The quantitative estimate of drug-likeness (QED) is 0.900. The molecule has 1 aromatic heterocycles. The van der Waals surface area contributed by atoms with Crippen molar-refractivity contribution in [2.45, 2.75) is 45.6 Å². The number of piperidine rings is 1. The molecule has 25 heavy (non-hydrogen) atoms. The molecule has 1 saturated heterocycles. The first-order chi connectivity index (χ1) is 12.0. The third-order valence-electron chi connectivity index (χ3n) is 4.18. The molecule has 1 aliphatic rings. The van der Waals surface area contributed by atoms with Crippen molar-refractivity contribution in [2.75, 3.05) is 23.3 Å².